The van der Waals surface area contributed by atoms with Gasteiger partial charge in [0.1, 0.15) is 5.56 Å². The van der Waals surface area contributed by atoms with Crippen LogP contribution < -0.4 is 5.56 Å². The number of carbonyl (C=O) groups excluding carboxylic acids is 1. The fourth-order valence-corrected chi connectivity index (χ4v) is 2.72. The Morgan fingerprint density at radius 3 is 2.55 bits per heavy atom. The van der Waals surface area contributed by atoms with Gasteiger partial charge in [0.05, 0.1) is 0 Å². The van der Waals surface area contributed by atoms with Crippen LogP contribution in [0, 0.1) is 12.3 Å². The summed E-state index contributed by atoms with van der Waals surface area (Å²) in [5.74, 6) is -0.214. The zero-order chi connectivity index (χ0) is 14.8. The van der Waals surface area contributed by atoms with Gasteiger partial charge in [-0.3, -0.25) is 9.59 Å². The largest absolute Gasteiger partial charge is 0.396 e. The third kappa shape index (κ3) is 2.77. The van der Waals surface area contributed by atoms with Crippen LogP contribution in [0.25, 0.3) is 0 Å². The molecule has 0 bridgehead atoms. The van der Waals surface area contributed by atoms with Gasteiger partial charge in [0.25, 0.3) is 11.5 Å². The molecule has 2 heterocycles. The van der Waals surface area contributed by atoms with Crippen LogP contribution in [0.3, 0.4) is 0 Å². The Labute approximate surface area is 118 Å². The Balaban J connectivity index is 2.11. The van der Waals surface area contributed by atoms with E-state index >= 15 is 0 Å². The summed E-state index contributed by atoms with van der Waals surface area (Å²) in [6.07, 6.45) is 2.49. The monoisotopic (exact) mass is 278 g/mol. The summed E-state index contributed by atoms with van der Waals surface area (Å²) in [4.78, 5) is 28.5. The Bertz CT molecular complexity index is 536. The van der Waals surface area contributed by atoms with Crippen molar-refractivity contribution in [3.8, 4) is 0 Å². The molecule has 1 aliphatic heterocycles. The maximum Gasteiger partial charge on any atom is 0.260 e. The van der Waals surface area contributed by atoms with Crippen molar-refractivity contribution in [2.45, 2.75) is 33.1 Å². The summed E-state index contributed by atoms with van der Waals surface area (Å²) in [6, 6.07) is 3.33. The molecule has 0 aromatic carbocycles. The lowest BCUT2D eigenvalue weighted by molar-refractivity contribution is 0.0337. The van der Waals surface area contributed by atoms with Crippen molar-refractivity contribution in [3.05, 3.63) is 33.7 Å². The van der Waals surface area contributed by atoms with Crippen molar-refractivity contribution in [2.24, 2.45) is 5.41 Å². The Morgan fingerprint density at radius 2 is 2.05 bits per heavy atom. The molecule has 1 fully saturated rings. The van der Waals surface area contributed by atoms with E-state index in [1.165, 1.54) is 0 Å². The maximum absolute atomic E-state index is 12.4. The highest BCUT2D eigenvalue weighted by Gasteiger charge is 2.34. The van der Waals surface area contributed by atoms with Gasteiger partial charge in [0.2, 0.25) is 0 Å². The minimum absolute atomic E-state index is 0.0591. The Morgan fingerprint density at radius 1 is 1.40 bits per heavy atom. The zero-order valence-electron chi connectivity index (χ0n) is 12.1. The van der Waals surface area contributed by atoms with Crippen LogP contribution in [-0.4, -0.2) is 40.6 Å². The fraction of sp³-hybridized carbons (Fsp3) is 0.600. The summed E-state index contributed by atoms with van der Waals surface area (Å²) in [5.41, 5.74) is 0.555. The number of aromatic nitrogens is 1. The molecule has 5 nitrogen and oxygen atoms in total. The number of carbonyl (C=O) groups is 1. The molecular weight excluding hydrogens is 256 g/mol. The van der Waals surface area contributed by atoms with Crippen molar-refractivity contribution in [2.75, 3.05) is 19.7 Å². The smallest absolute Gasteiger partial charge is 0.260 e. The molecule has 0 unspecified atom stereocenters. The summed E-state index contributed by atoms with van der Waals surface area (Å²) < 4.78 is 0. The van der Waals surface area contributed by atoms with E-state index in [0.29, 0.717) is 13.1 Å². The van der Waals surface area contributed by atoms with E-state index in [2.05, 4.69) is 11.9 Å². The zero-order valence-corrected chi connectivity index (χ0v) is 12.1. The van der Waals surface area contributed by atoms with Crippen LogP contribution in [0.4, 0.5) is 0 Å². The van der Waals surface area contributed by atoms with Gasteiger partial charge >= 0.3 is 0 Å². The van der Waals surface area contributed by atoms with Gasteiger partial charge in [-0.25, -0.2) is 0 Å². The molecule has 1 saturated heterocycles. The fourth-order valence-electron chi connectivity index (χ4n) is 2.72. The average molecular weight is 278 g/mol. The normalized spacial score (nSPS) is 18.1. The first-order valence-electron chi connectivity index (χ1n) is 7.11. The third-order valence-corrected chi connectivity index (χ3v) is 4.48. The van der Waals surface area contributed by atoms with E-state index < -0.39 is 0 Å². The number of aromatic amines is 1. The lowest BCUT2D eigenvalue weighted by Gasteiger charge is -2.40. The molecule has 20 heavy (non-hydrogen) atoms. The van der Waals surface area contributed by atoms with Crippen molar-refractivity contribution in [1.29, 1.82) is 0 Å². The number of nitrogens with one attached hydrogen (secondary N) is 1. The van der Waals surface area contributed by atoms with Crippen LogP contribution in [0.5, 0.6) is 0 Å². The average Bonchev–Trinajstić information content (AvgIpc) is 2.47. The number of piperidine rings is 1. The SMILES string of the molecule is CCC1(CO)CCN(C(=O)c2ccc(C)[nH]c2=O)CC1. The molecule has 1 aromatic rings. The van der Waals surface area contributed by atoms with E-state index in [1.54, 1.807) is 24.0 Å². The number of pyridine rings is 1. The first-order chi connectivity index (χ1) is 9.51. The number of hydrogen-bond acceptors (Lipinski definition) is 3. The number of amides is 1. The lowest BCUT2D eigenvalue weighted by atomic mass is 9.77. The third-order valence-electron chi connectivity index (χ3n) is 4.48. The van der Waals surface area contributed by atoms with Crippen molar-refractivity contribution in [3.63, 3.8) is 0 Å². The number of H-pyrrole nitrogens is 1. The minimum Gasteiger partial charge on any atom is -0.396 e. The number of aryl methyl sites for hydroxylation is 1. The van der Waals surface area contributed by atoms with Gasteiger partial charge in [-0.1, -0.05) is 6.92 Å². The molecule has 5 heteroatoms. The predicted molar refractivity (Wildman–Crippen MR) is 76.7 cm³/mol. The molecule has 0 saturated carbocycles. The molecule has 1 amide bonds. The second kappa shape index (κ2) is 5.79. The van der Waals surface area contributed by atoms with Crippen LogP contribution in [0.2, 0.25) is 0 Å². The van der Waals surface area contributed by atoms with E-state index in [-0.39, 0.29) is 29.1 Å². The quantitative estimate of drug-likeness (QED) is 0.875. The van der Waals surface area contributed by atoms with Gasteiger partial charge < -0.3 is 15.0 Å². The van der Waals surface area contributed by atoms with Gasteiger partial charge in [-0.2, -0.15) is 0 Å². The first kappa shape index (κ1) is 14.8. The Hall–Kier alpha value is -1.62. The van der Waals surface area contributed by atoms with Crippen LogP contribution in [-0.2, 0) is 0 Å². The van der Waals surface area contributed by atoms with E-state index in [4.69, 9.17) is 0 Å². The standard InChI is InChI=1S/C15H22N2O3/c1-3-15(10-18)6-8-17(9-7-15)14(20)12-5-4-11(2)16-13(12)19/h4-5,18H,3,6-10H2,1-2H3,(H,16,19). The second-order valence-corrected chi connectivity index (χ2v) is 5.69. The highest BCUT2D eigenvalue weighted by molar-refractivity contribution is 5.93. The van der Waals surface area contributed by atoms with Crippen molar-refractivity contribution >= 4 is 5.91 Å². The van der Waals surface area contributed by atoms with E-state index in [9.17, 15) is 14.7 Å². The molecule has 2 rings (SSSR count). The van der Waals surface area contributed by atoms with Gasteiger partial charge in [0, 0.05) is 25.4 Å². The number of rotatable bonds is 3. The molecule has 110 valence electrons. The van der Waals surface area contributed by atoms with Gasteiger partial charge in [-0.05, 0) is 43.7 Å². The van der Waals surface area contributed by atoms with E-state index in [0.717, 1.165) is 25.0 Å². The molecule has 1 aliphatic rings. The van der Waals surface area contributed by atoms with Crippen LogP contribution in [0.15, 0.2) is 16.9 Å². The summed E-state index contributed by atoms with van der Waals surface area (Å²) >= 11 is 0. The van der Waals surface area contributed by atoms with Crippen molar-refractivity contribution < 1.29 is 9.90 Å². The lowest BCUT2D eigenvalue weighted by Crippen LogP contribution is -2.45. The number of likely N-dealkylation sites (tertiary alicyclic amines) is 1. The predicted octanol–water partition coefficient (Wildman–Crippen LogP) is 1.31. The topological polar surface area (TPSA) is 73.4 Å². The second-order valence-electron chi connectivity index (χ2n) is 5.69. The first-order valence-corrected chi connectivity index (χ1v) is 7.11. The maximum atomic E-state index is 12.4. The van der Waals surface area contributed by atoms with Gasteiger partial charge in [-0.15, -0.1) is 0 Å². The molecule has 0 spiro atoms. The number of nitrogens with zero attached hydrogens (tertiary/aromatic N) is 1. The molecule has 2 N–H and O–H groups in total. The van der Waals surface area contributed by atoms with E-state index in [1.807, 2.05) is 0 Å². The highest BCUT2D eigenvalue weighted by atomic mass is 16.3. The highest BCUT2D eigenvalue weighted by Crippen LogP contribution is 2.34. The van der Waals surface area contributed by atoms with Crippen molar-refractivity contribution in [1.82, 2.24) is 9.88 Å². The molecular formula is C15H22N2O3. The summed E-state index contributed by atoms with van der Waals surface area (Å²) in [7, 11) is 0. The number of hydrogen-bond donors (Lipinski definition) is 2. The summed E-state index contributed by atoms with van der Waals surface area (Å²) in [5, 5.41) is 9.50. The van der Waals surface area contributed by atoms with Gasteiger partial charge in [0.15, 0.2) is 0 Å². The molecule has 0 radical (unpaired) electrons. The molecule has 1 aromatic heterocycles. The van der Waals surface area contributed by atoms with Crippen LogP contribution >= 0.6 is 0 Å². The number of aliphatic hydroxyl groups excluding tert-OH is 1. The van der Waals surface area contributed by atoms with Crippen LogP contribution in [0.1, 0.15) is 42.2 Å². The number of aliphatic hydroxyl groups is 1. The molecule has 0 atom stereocenters. The minimum atomic E-state index is -0.329. The summed E-state index contributed by atoms with van der Waals surface area (Å²) in [6.45, 7) is 5.21. The molecule has 0 aliphatic carbocycles. The Kier molecular flexibility index (Phi) is 4.28.